The Bertz CT molecular complexity index is 344. The van der Waals surface area contributed by atoms with Gasteiger partial charge in [0, 0.05) is 32.1 Å². The molecule has 0 saturated carbocycles. The molecule has 1 fully saturated rings. The van der Waals surface area contributed by atoms with E-state index in [0.717, 1.165) is 25.9 Å². The number of hydrogen-bond acceptors (Lipinski definition) is 3. The first-order valence-electron chi connectivity index (χ1n) is 7.48. The number of likely N-dealkylation sites (tertiary alicyclic amines) is 1. The number of amides is 1. The number of carbonyl (C=O) groups is 1. The van der Waals surface area contributed by atoms with E-state index in [0.29, 0.717) is 29.9 Å². The van der Waals surface area contributed by atoms with Crippen LogP contribution >= 0.6 is 12.2 Å². The van der Waals surface area contributed by atoms with Crippen LogP contribution in [0.1, 0.15) is 47.0 Å². The van der Waals surface area contributed by atoms with Crippen molar-refractivity contribution in [2.75, 3.05) is 19.6 Å². The number of hydrogen-bond donors (Lipinski definition) is 2. The third kappa shape index (κ3) is 6.18. The Morgan fingerprint density at radius 2 is 1.95 bits per heavy atom. The summed E-state index contributed by atoms with van der Waals surface area (Å²) in [5, 5.41) is 3.17. The van der Waals surface area contributed by atoms with E-state index < -0.39 is 0 Å². The van der Waals surface area contributed by atoms with Gasteiger partial charge in [-0.05, 0) is 24.2 Å². The Balaban J connectivity index is 2.30. The van der Waals surface area contributed by atoms with Gasteiger partial charge < -0.3 is 11.1 Å². The van der Waals surface area contributed by atoms with Crippen LogP contribution < -0.4 is 11.1 Å². The monoisotopic (exact) mass is 299 g/mol. The number of nitrogens with zero attached hydrogens (tertiary/aromatic N) is 1. The molecule has 4 nitrogen and oxygen atoms in total. The Morgan fingerprint density at radius 1 is 1.40 bits per heavy atom. The zero-order chi connectivity index (χ0) is 15.3. The molecule has 0 bridgehead atoms. The fourth-order valence-electron chi connectivity index (χ4n) is 2.33. The Morgan fingerprint density at radius 3 is 2.40 bits per heavy atom. The Kier molecular flexibility index (Phi) is 6.40. The molecule has 1 unspecified atom stereocenters. The molecule has 20 heavy (non-hydrogen) atoms. The van der Waals surface area contributed by atoms with Crippen LogP contribution in [0.5, 0.6) is 0 Å². The van der Waals surface area contributed by atoms with Crippen LogP contribution in [0.15, 0.2) is 0 Å². The van der Waals surface area contributed by atoms with E-state index in [1.165, 1.54) is 0 Å². The molecule has 1 aliphatic rings. The Hall–Kier alpha value is -0.680. The van der Waals surface area contributed by atoms with E-state index in [4.69, 9.17) is 18.0 Å². The van der Waals surface area contributed by atoms with Gasteiger partial charge in [-0.15, -0.1) is 0 Å². The van der Waals surface area contributed by atoms with Gasteiger partial charge in [0.05, 0.1) is 4.99 Å². The first kappa shape index (κ1) is 17.4. The topological polar surface area (TPSA) is 58.4 Å². The largest absolute Gasteiger partial charge is 0.392 e. The van der Waals surface area contributed by atoms with Crippen LogP contribution in [0.3, 0.4) is 0 Å². The van der Waals surface area contributed by atoms with Crippen molar-refractivity contribution in [1.82, 2.24) is 10.2 Å². The van der Waals surface area contributed by atoms with Crippen molar-refractivity contribution in [3.63, 3.8) is 0 Å². The molecule has 0 aliphatic carbocycles. The van der Waals surface area contributed by atoms with Gasteiger partial charge in [0.2, 0.25) is 5.91 Å². The second-order valence-corrected chi connectivity index (χ2v) is 7.58. The summed E-state index contributed by atoms with van der Waals surface area (Å²) in [5.41, 5.74) is 5.73. The molecule has 3 N–H and O–H groups in total. The predicted molar refractivity (Wildman–Crippen MR) is 87.6 cm³/mol. The summed E-state index contributed by atoms with van der Waals surface area (Å²) >= 11 is 4.92. The minimum Gasteiger partial charge on any atom is -0.392 e. The summed E-state index contributed by atoms with van der Waals surface area (Å²) in [6.07, 6.45) is 2.58. The van der Waals surface area contributed by atoms with Crippen molar-refractivity contribution < 1.29 is 4.79 Å². The van der Waals surface area contributed by atoms with Gasteiger partial charge in [-0.3, -0.25) is 9.69 Å². The first-order valence-corrected chi connectivity index (χ1v) is 7.89. The number of nitrogens with two attached hydrogens (primary N) is 1. The maximum Gasteiger partial charge on any atom is 0.220 e. The molecule has 0 aromatic heterocycles. The molecule has 1 aliphatic heterocycles. The molecular formula is C15H29N3OS. The summed E-state index contributed by atoms with van der Waals surface area (Å²) in [5.74, 6) is 0.567. The van der Waals surface area contributed by atoms with Crippen molar-refractivity contribution in [3.05, 3.63) is 0 Å². The van der Waals surface area contributed by atoms with Crippen LogP contribution in [-0.2, 0) is 4.79 Å². The summed E-state index contributed by atoms with van der Waals surface area (Å²) < 4.78 is 0. The lowest BCUT2D eigenvalue weighted by Crippen LogP contribution is -2.46. The van der Waals surface area contributed by atoms with Crippen molar-refractivity contribution in [2.45, 2.75) is 53.0 Å². The van der Waals surface area contributed by atoms with Crippen molar-refractivity contribution in [3.8, 4) is 0 Å². The molecular weight excluding hydrogens is 270 g/mol. The lowest BCUT2D eigenvalue weighted by Gasteiger charge is -2.33. The second-order valence-electron chi connectivity index (χ2n) is 7.06. The van der Waals surface area contributed by atoms with Crippen molar-refractivity contribution in [2.24, 2.45) is 17.1 Å². The lowest BCUT2D eigenvalue weighted by atomic mass is 9.80. The minimum atomic E-state index is 0.178. The third-order valence-corrected chi connectivity index (χ3v) is 4.43. The normalized spacial score (nSPS) is 19.6. The lowest BCUT2D eigenvalue weighted by molar-refractivity contribution is -0.123. The van der Waals surface area contributed by atoms with Gasteiger partial charge in [-0.1, -0.05) is 39.9 Å². The van der Waals surface area contributed by atoms with Gasteiger partial charge in [0.25, 0.3) is 0 Å². The van der Waals surface area contributed by atoms with Crippen LogP contribution in [0.2, 0.25) is 0 Å². The standard InChI is InChI=1S/C15H29N3OS/c1-11(15(2,3)4)9-14(19)17-12-5-7-18(8-6-12)10-13(16)20/h11-12H,5-10H2,1-4H3,(H2,16,20)(H,17,19). The number of nitrogens with one attached hydrogen (secondary N) is 1. The summed E-state index contributed by atoms with van der Waals surface area (Å²) in [6, 6.07) is 0.303. The smallest absolute Gasteiger partial charge is 0.220 e. The average Bonchev–Trinajstić information content (AvgIpc) is 2.29. The molecule has 1 saturated heterocycles. The average molecular weight is 299 g/mol. The highest BCUT2D eigenvalue weighted by Gasteiger charge is 2.25. The van der Waals surface area contributed by atoms with E-state index >= 15 is 0 Å². The van der Waals surface area contributed by atoms with E-state index in [9.17, 15) is 4.79 Å². The van der Waals surface area contributed by atoms with Crippen molar-refractivity contribution >= 4 is 23.1 Å². The molecule has 0 radical (unpaired) electrons. The highest BCUT2D eigenvalue weighted by Crippen LogP contribution is 2.27. The van der Waals surface area contributed by atoms with Gasteiger partial charge in [-0.2, -0.15) is 0 Å². The molecule has 0 spiro atoms. The van der Waals surface area contributed by atoms with Crippen LogP contribution in [0.4, 0.5) is 0 Å². The van der Waals surface area contributed by atoms with Crippen molar-refractivity contribution in [1.29, 1.82) is 0 Å². The summed E-state index contributed by atoms with van der Waals surface area (Å²) in [6.45, 7) is 11.3. The number of rotatable bonds is 5. The first-order chi connectivity index (χ1) is 9.18. The van der Waals surface area contributed by atoms with Gasteiger partial charge in [0.1, 0.15) is 0 Å². The maximum absolute atomic E-state index is 12.1. The highest BCUT2D eigenvalue weighted by atomic mass is 32.1. The molecule has 116 valence electrons. The molecule has 0 aromatic carbocycles. The Labute approximate surface area is 128 Å². The van der Waals surface area contributed by atoms with E-state index in [2.05, 4.69) is 37.9 Å². The molecule has 0 aromatic rings. The molecule has 5 heteroatoms. The quantitative estimate of drug-likeness (QED) is 0.762. The van der Waals surface area contributed by atoms with Crippen LogP contribution in [0.25, 0.3) is 0 Å². The number of thiocarbonyl (C=S) groups is 1. The van der Waals surface area contributed by atoms with Gasteiger partial charge in [0.15, 0.2) is 0 Å². The van der Waals surface area contributed by atoms with Crippen LogP contribution in [0, 0.1) is 11.3 Å². The molecule has 1 rings (SSSR count). The van der Waals surface area contributed by atoms with Gasteiger partial charge in [-0.25, -0.2) is 0 Å². The zero-order valence-electron chi connectivity index (χ0n) is 13.2. The van der Waals surface area contributed by atoms with E-state index in [1.54, 1.807) is 0 Å². The number of piperidine rings is 1. The van der Waals surface area contributed by atoms with Gasteiger partial charge >= 0.3 is 0 Å². The highest BCUT2D eigenvalue weighted by molar-refractivity contribution is 7.80. The SMILES string of the molecule is CC(CC(=O)NC1CCN(CC(N)=S)CC1)C(C)(C)C. The third-order valence-electron chi connectivity index (χ3n) is 4.30. The summed E-state index contributed by atoms with van der Waals surface area (Å²) in [4.78, 5) is 14.9. The van der Waals surface area contributed by atoms with Crippen LogP contribution in [-0.4, -0.2) is 41.5 Å². The molecule has 1 atom stereocenters. The minimum absolute atomic E-state index is 0.178. The van der Waals surface area contributed by atoms with E-state index in [1.807, 2.05) is 0 Å². The maximum atomic E-state index is 12.1. The summed E-state index contributed by atoms with van der Waals surface area (Å²) in [7, 11) is 0. The predicted octanol–water partition coefficient (Wildman–Crippen LogP) is 1.93. The fraction of sp³-hybridized carbons (Fsp3) is 0.867. The fourth-order valence-corrected chi connectivity index (χ4v) is 2.51. The molecule has 1 heterocycles. The second kappa shape index (κ2) is 7.36. The number of carbonyl (C=O) groups excluding carboxylic acids is 1. The molecule has 1 amide bonds. The zero-order valence-corrected chi connectivity index (χ0v) is 14.1. The van der Waals surface area contributed by atoms with E-state index in [-0.39, 0.29) is 11.3 Å².